The average Bonchev–Trinajstić information content (AvgIpc) is 3.20. The molecule has 0 spiro atoms. The number of hydrogen-bond acceptors (Lipinski definition) is 4. The Hall–Kier alpha value is -1.85. The van der Waals surface area contributed by atoms with Gasteiger partial charge in [0.15, 0.2) is 5.76 Å². The predicted molar refractivity (Wildman–Crippen MR) is 89.9 cm³/mol. The predicted octanol–water partition coefficient (Wildman–Crippen LogP) is 2.74. The zero-order valence-electron chi connectivity index (χ0n) is 13.9. The van der Waals surface area contributed by atoms with E-state index in [0.717, 1.165) is 29.4 Å². The quantitative estimate of drug-likeness (QED) is 0.920. The molecular formula is C19H23NO4. The molecule has 1 amide bonds. The molecule has 1 N–H and O–H groups in total. The number of amides is 1. The maximum Gasteiger partial charge on any atom is 0.289 e. The Morgan fingerprint density at radius 3 is 3.00 bits per heavy atom. The summed E-state index contributed by atoms with van der Waals surface area (Å²) in [7, 11) is 0. The fourth-order valence-corrected chi connectivity index (χ4v) is 4.02. The van der Waals surface area contributed by atoms with E-state index in [0.29, 0.717) is 31.9 Å². The fraction of sp³-hybridized carbons (Fsp3) is 0.526. The lowest BCUT2D eigenvalue weighted by molar-refractivity contribution is -0.0591. The first kappa shape index (κ1) is 15.7. The maximum absolute atomic E-state index is 13.0. The summed E-state index contributed by atoms with van der Waals surface area (Å²) in [5.74, 6) is 0.301. The van der Waals surface area contributed by atoms with Crippen molar-refractivity contribution in [2.75, 3.05) is 19.8 Å². The van der Waals surface area contributed by atoms with Gasteiger partial charge in [-0.2, -0.15) is 0 Å². The van der Waals surface area contributed by atoms with Crippen LogP contribution in [0.2, 0.25) is 0 Å². The van der Waals surface area contributed by atoms with Crippen LogP contribution in [0.4, 0.5) is 0 Å². The van der Waals surface area contributed by atoms with Crippen LogP contribution in [0.1, 0.15) is 35.4 Å². The second-order valence-corrected chi connectivity index (χ2v) is 6.95. The topological polar surface area (TPSA) is 62.9 Å². The van der Waals surface area contributed by atoms with Crippen molar-refractivity contribution < 1.29 is 19.1 Å². The van der Waals surface area contributed by atoms with E-state index in [4.69, 9.17) is 9.15 Å². The molecular weight excluding hydrogens is 306 g/mol. The second-order valence-electron chi connectivity index (χ2n) is 6.95. The molecule has 5 heteroatoms. The number of fused-ring (bicyclic) bond motifs is 1. The number of furan rings is 1. The molecule has 2 aliphatic rings. The lowest BCUT2D eigenvalue weighted by Gasteiger charge is -2.36. The molecule has 1 aromatic heterocycles. The summed E-state index contributed by atoms with van der Waals surface area (Å²) < 4.78 is 11.3. The van der Waals surface area contributed by atoms with Gasteiger partial charge in [-0.3, -0.25) is 4.79 Å². The number of ether oxygens (including phenoxy) is 1. The number of carbonyl (C=O) groups excluding carboxylic acids is 1. The van der Waals surface area contributed by atoms with Gasteiger partial charge in [-0.25, -0.2) is 0 Å². The Morgan fingerprint density at radius 2 is 2.17 bits per heavy atom. The summed E-state index contributed by atoms with van der Waals surface area (Å²) in [5, 5.41) is 11.3. The van der Waals surface area contributed by atoms with Crippen LogP contribution in [-0.2, 0) is 4.74 Å². The van der Waals surface area contributed by atoms with Crippen LogP contribution < -0.4 is 0 Å². The zero-order valence-corrected chi connectivity index (χ0v) is 13.9. The lowest BCUT2D eigenvalue weighted by atomic mass is 9.89. The summed E-state index contributed by atoms with van der Waals surface area (Å²) in [6.07, 6.45) is 2.12. The largest absolute Gasteiger partial charge is 0.451 e. The SMILES string of the molecule is Cc1ccc2oc(C(=O)N3CCC[C@@H]3[C@H]3COCC[C@H]3O)cc2c1. The van der Waals surface area contributed by atoms with E-state index in [-0.39, 0.29) is 17.9 Å². The van der Waals surface area contributed by atoms with Gasteiger partial charge in [-0.1, -0.05) is 11.6 Å². The molecule has 0 radical (unpaired) electrons. The monoisotopic (exact) mass is 329 g/mol. The van der Waals surface area contributed by atoms with Crippen molar-refractivity contribution in [3.8, 4) is 0 Å². The molecule has 24 heavy (non-hydrogen) atoms. The third-order valence-corrected chi connectivity index (χ3v) is 5.30. The number of aliphatic hydroxyl groups excluding tert-OH is 1. The van der Waals surface area contributed by atoms with Gasteiger partial charge in [0.1, 0.15) is 5.58 Å². The highest BCUT2D eigenvalue weighted by Crippen LogP contribution is 2.32. The first-order valence-electron chi connectivity index (χ1n) is 8.70. The van der Waals surface area contributed by atoms with E-state index in [9.17, 15) is 9.90 Å². The maximum atomic E-state index is 13.0. The highest BCUT2D eigenvalue weighted by Gasteiger charge is 2.40. The number of nitrogens with zero attached hydrogens (tertiary/aromatic N) is 1. The van der Waals surface area contributed by atoms with E-state index in [1.165, 1.54) is 0 Å². The third kappa shape index (κ3) is 2.72. The van der Waals surface area contributed by atoms with E-state index in [2.05, 4.69) is 0 Å². The Bertz CT molecular complexity index is 753. The Kier molecular flexibility index (Phi) is 4.06. The fourth-order valence-electron chi connectivity index (χ4n) is 4.02. The molecule has 3 atom stereocenters. The highest BCUT2D eigenvalue weighted by molar-refractivity contribution is 5.96. The van der Waals surface area contributed by atoms with Gasteiger partial charge < -0.3 is 19.2 Å². The van der Waals surface area contributed by atoms with Crippen LogP contribution >= 0.6 is 0 Å². The van der Waals surface area contributed by atoms with Crippen LogP contribution in [0.5, 0.6) is 0 Å². The van der Waals surface area contributed by atoms with Gasteiger partial charge in [0.2, 0.25) is 0 Å². The molecule has 1 aromatic carbocycles. The third-order valence-electron chi connectivity index (χ3n) is 5.30. The minimum atomic E-state index is -0.393. The molecule has 2 aromatic rings. The molecule has 3 heterocycles. The Morgan fingerprint density at radius 1 is 1.29 bits per heavy atom. The van der Waals surface area contributed by atoms with Crippen molar-refractivity contribution in [1.29, 1.82) is 0 Å². The number of aryl methyl sites for hydroxylation is 1. The van der Waals surface area contributed by atoms with Crippen molar-refractivity contribution in [2.45, 2.75) is 38.3 Å². The minimum absolute atomic E-state index is 0.00294. The molecule has 0 unspecified atom stereocenters. The summed E-state index contributed by atoms with van der Waals surface area (Å²) in [6, 6.07) is 7.77. The summed E-state index contributed by atoms with van der Waals surface area (Å²) in [6.45, 7) is 3.86. The number of rotatable bonds is 2. The first-order valence-corrected chi connectivity index (χ1v) is 8.70. The van der Waals surface area contributed by atoms with Crippen molar-refractivity contribution in [3.05, 3.63) is 35.6 Å². The van der Waals surface area contributed by atoms with Gasteiger partial charge in [0.25, 0.3) is 5.91 Å². The van der Waals surface area contributed by atoms with Gasteiger partial charge in [-0.15, -0.1) is 0 Å². The first-order chi connectivity index (χ1) is 11.6. The van der Waals surface area contributed by atoms with Crippen LogP contribution in [-0.4, -0.2) is 47.8 Å². The van der Waals surface area contributed by atoms with Gasteiger partial charge in [0.05, 0.1) is 12.7 Å². The standard InChI is InChI=1S/C19H23NO4/c1-12-4-5-17-13(9-12)10-18(24-17)19(22)20-7-2-3-15(20)14-11-23-8-6-16(14)21/h4-5,9-10,14-16,21H,2-3,6-8,11H2,1H3/t14-,15-,16-/m1/s1. The minimum Gasteiger partial charge on any atom is -0.451 e. The van der Waals surface area contributed by atoms with Crippen molar-refractivity contribution in [3.63, 3.8) is 0 Å². The summed E-state index contributed by atoms with van der Waals surface area (Å²) in [4.78, 5) is 14.8. The van der Waals surface area contributed by atoms with Gasteiger partial charge in [0, 0.05) is 30.5 Å². The van der Waals surface area contributed by atoms with Gasteiger partial charge in [-0.05, 0) is 44.4 Å². The van der Waals surface area contributed by atoms with E-state index in [1.807, 2.05) is 36.1 Å². The highest BCUT2D eigenvalue weighted by atomic mass is 16.5. The van der Waals surface area contributed by atoms with Crippen molar-refractivity contribution >= 4 is 16.9 Å². The average molecular weight is 329 g/mol. The number of hydrogen-bond donors (Lipinski definition) is 1. The molecule has 4 rings (SSSR count). The summed E-state index contributed by atoms with van der Waals surface area (Å²) in [5.41, 5.74) is 1.88. The van der Waals surface area contributed by atoms with Crippen LogP contribution in [0.25, 0.3) is 11.0 Å². The number of aliphatic hydroxyl groups is 1. The van der Waals surface area contributed by atoms with Crippen LogP contribution in [0, 0.1) is 12.8 Å². The van der Waals surface area contributed by atoms with Crippen LogP contribution in [0.3, 0.4) is 0 Å². The Balaban J connectivity index is 1.59. The van der Waals surface area contributed by atoms with E-state index >= 15 is 0 Å². The van der Waals surface area contributed by atoms with E-state index < -0.39 is 6.10 Å². The number of likely N-dealkylation sites (tertiary alicyclic amines) is 1. The molecule has 2 aliphatic heterocycles. The summed E-state index contributed by atoms with van der Waals surface area (Å²) >= 11 is 0. The molecule has 5 nitrogen and oxygen atoms in total. The molecule has 2 fully saturated rings. The van der Waals surface area contributed by atoms with Crippen molar-refractivity contribution in [2.24, 2.45) is 5.92 Å². The zero-order chi connectivity index (χ0) is 16.7. The molecule has 2 saturated heterocycles. The lowest BCUT2D eigenvalue weighted by Crippen LogP contribution is -2.48. The Labute approximate surface area is 141 Å². The molecule has 128 valence electrons. The molecule has 0 bridgehead atoms. The van der Waals surface area contributed by atoms with E-state index in [1.54, 1.807) is 0 Å². The molecule has 0 saturated carbocycles. The normalized spacial score (nSPS) is 27.8. The van der Waals surface area contributed by atoms with Crippen LogP contribution in [0.15, 0.2) is 28.7 Å². The smallest absolute Gasteiger partial charge is 0.289 e. The molecule has 0 aliphatic carbocycles. The van der Waals surface area contributed by atoms with Crippen molar-refractivity contribution in [1.82, 2.24) is 4.90 Å². The second kappa shape index (κ2) is 6.22. The number of carbonyl (C=O) groups is 1. The van der Waals surface area contributed by atoms with Gasteiger partial charge >= 0.3 is 0 Å². The number of benzene rings is 1.